The molecule has 2 heterocycles. The standard InChI is InChI=1S/C17H20BrN3O4/c1-5-24-15(22)8-10(2)19-17(23)14-7-6-13(25-14)9-21-12(4)16(18)11(3)20-21/h6-8H,5,9H2,1-4H3,(H,19,23)/b10-8+. The highest BCUT2D eigenvalue weighted by Crippen LogP contribution is 2.21. The first-order valence-electron chi connectivity index (χ1n) is 7.76. The highest BCUT2D eigenvalue weighted by atomic mass is 79.9. The van der Waals surface area contributed by atoms with Crippen molar-refractivity contribution >= 4 is 27.8 Å². The second-order valence-corrected chi connectivity index (χ2v) is 6.23. The average Bonchev–Trinajstić information content (AvgIpc) is 3.09. The lowest BCUT2D eigenvalue weighted by Crippen LogP contribution is -2.21. The maximum absolute atomic E-state index is 12.2. The van der Waals surface area contributed by atoms with Gasteiger partial charge in [0.2, 0.25) is 0 Å². The fourth-order valence-electron chi connectivity index (χ4n) is 2.20. The van der Waals surface area contributed by atoms with Crippen molar-refractivity contribution in [2.24, 2.45) is 0 Å². The average molecular weight is 410 g/mol. The van der Waals surface area contributed by atoms with Crippen LogP contribution in [0.2, 0.25) is 0 Å². The Hall–Kier alpha value is -2.35. The zero-order valence-electron chi connectivity index (χ0n) is 14.6. The van der Waals surface area contributed by atoms with Crippen LogP contribution in [0.1, 0.15) is 41.6 Å². The molecule has 0 saturated carbocycles. The van der Waals surface area contributed by atoms with Gasteiger partial charge in [0.05, 0.1) is 29.0 Å². The van der Waals surface area contributed by atoms with Crippen LogP contribution in [0.15, 0.2) is 32.8 Å². The predicted molar refractivity (Wildman–Crippen MR) is 95.1 cm³/mol. The molecule has 1 N–H and O–H groups in total. The summed E-state index contributed by atoms with van der Waals surface area (Å²) in [5, 5.41) is 6.99. The van der Waals surface area contributed by atoms with Gasteiger partial charge in [0, 0.05) is 11.8 Å². The van der Waals surface area contributed by atoms with Crippen molar-refractivity contribution < 1.29 is 18.7 Å². The predicted octanol–water partition coefficient (Wildman–Crippen LogP) is 3.10. The van der Waals surface area contributed by atoms with Gasteiger partial charge >= 0.3 is 5.97 Å². The van der Waals surface area contributed by atoms with Gasteiger partial charge in [-0.25, -0.2) is 4.79 Å². The number of amides is 1. The monoisotopic (exact) mass is 409 g/mol. The first-order valence-corrected chi connectivity index (χ1v) is 8.55. The van der Waals surface area contributed by atoms with Crippen LogP contribution in [0.4, 0.5) is 0 Å². The van der Waals surface area contributed by atoms with E-state index < -0.39 is 11.9 Å². The van der Waals surface area contributed by atoms with E-state index in [0.717, 1.165) is 15.9 Å². The van der Waals surface area contributed by atoms with E-state index in [0.29, 0.717) is 18.0 Å². The summed E-state index contributed by atoms with van der Waals surface area (Å²) < 4.78 is 13.1. The molecule has 0 bridgehead atoms. The minimum absolute atomic E-state index is 0.159. The lowest BCUT2D eigenvalue weighted by atomic mass is 10.3. The van der Waals surface area contributed by atoms with Gasteiger partial charge in [0.15, 0.2) is 5.76 Å². The zero-order chi connectivity index (χ0) is 18.6. The quantitative estimate of drug-likeness (QED) is 0.584. The fourth-order valence-corrected chi connectivity index (χ4v) is 2.48. The summed E-state index contributed by atoms with van der Waals surface area (Å²) in [4.78, 5) is 23.5. The van der Waals surface area contributed by atoms with Gasteiger partial charge in [-0.15, -0.1) is 0 Å². The molecule has 0 aliphatic rings. The molecule has 134 valence electrons. The normalized spacial score (nSPS) is 11.5. The Labute approximate surface area is 154 Å². The van der Waals surface area contributed by atoms with Gasteiger partial charge in [-0.3, -0.25) is 9.48 Å². The van der Waals surface area contributed by atoms with E-state index in [9.17, 15) is 9.59 Å². The number of rotatable bonds is 6. The van der Waals surface area contributed by atoms with Crippen molar-refractivity contribution in [3.8, 4) is 0 Å². The van der Waals surface area contributed by atoms with Crippen molar-refractivity contribution in [1.82, 2.24) is 15.1 Å². The lowest BCUT2D eigenvalue weighted by molar-refractivity contribution is -0.137. The van der Waals surface area contributed by atoms with Crippen molar-refractivity contribution in [1.29, 1.82) is 0 Å². The number of carbonyl (C=O) groups is 2. The third kappa shape index (κ3) is 4.82. The van der Waals surface area contributed by atoms with Crippen LogP contribution in [0.5, 0.6) is 0 Å². The van der Waals surface area contributed by atoms with Gasteiger partial charge < -0.3 is 14.5 Å². The van der Waals surface area contributed by atoms with E-state index in [1.807, 2.05) is 13.8 Å². The van der Waals surface area contributed by atoms with Crippen molar-refractivity contribution in [2.75, 3.05) is 6.61 Å². The van der Waals surface area contributed by atoms with Gasteiger partial charge in [0.25, 0.3) is 5.91 Å². The van der Waals surface area contributed by atoms with E-state index in [1.54, 1.807) is 30.7 Å². The molecular formula is C17H20BrN3O4. The molecule has 0 radical (unpaired) electrons. The smallest absolute Gasteiger partial charge is 0.332 e. The number of aromatic nitrogens is 2. The summed E-state index contributed by atoms with van der Waals surface area (Å²) in [7, 11) is 0. The van der Waals surface area contributed by atoms with E-state index in [2.05, 4.69) is 26.3 Å². The third-order valence-electron chi connectivity index (χ3n) is 3.42. The summed E-state index contributed by atoms with van der Waals surface area (Å²) in [5.74, 6) is -0.170. The first-order chi connectivity index (χ1) is 11.8. The molecule has 0 unspecified atom stereocenters. The van der Waals surface area contributed by atoms with Crippen LogP contribution in [0, 0.1) is 13.8 Å². The molecule has 0 aliphatic carbocycles. The molecule has 2 aromatic rings. The van der Waals surface area contributed by atoms with Crippen LogP contribution in [0.3, 0.4) is 0 Å². The van der Waals surface area contributed by atoms with Crippen molar-refractivity contribution in [2.45, 2.75) is 34.2 Å². The molecule has 0 aromatic carbocycles. The van der Waals surface area contributed by atoms with Crippen molar-refractivity contribution in [3.05, 3.63) is 51.3 Å². The van der Waals surface area contributed by atoms with Gasteiger partial charge in [-0.05, 0) is 55.8 Å². The molecule has 0 aliphatic heterocycles. The SMILES string of the molecule is CCOC(=O)/C=C(\C)NC(=O)c1ccc(Cn2nc(C)c(Br)c2C)o1. The minimum Gasteiger partial charge on any atom is -0.463 e. The van der Waals surface area contributed by atoms with Crippen LogP contribution >= 0.6 is 15.9 Å². The molecule has 25 heavy (non-hydrogen) atoms. The van der Waals surface area contributed by atoms with Gasteiger partial charge in [0.1, 0.15) is 5.76 Å². The lowest BCUT2D eigenvalue weighted by Gasteiger charge is -2.04. The van der Waals surface area contributed by atoms with Gasteiger partial charge in [-0.2, -0.15) is 5.10 Å². The number of carbonyl (C=O) groups excluding carboxylic acids is 2. The Bertz CT molecular complexity index is 820. The second kappa shape index (κ2) is 8.15. The largest absolute Gasteiger partial charge is 0.463 e. The number of hydrogen-bond donors (Lipinski definition) is 1. The summed E-state index contributed by atoms with van der Waals surface area (Å²) in [6.45, 7) is 7.87. The molecular weight excluding hydrogens is 390 g/mol. The molecule has 8 heteroatoms. The Morgan fingerprint density at radius 2 is 2.12 bits per heavy atom. The number of halogens is 1. The number of esters is 1. The molecule has 7 nitrogen and oxygen atoms in total. The summed E-state index contributed by atoms with van der Waals surface area (Å²) in [5.41, 5.74) is 2.25. The summed E-state index contributed by atoms with van der Waals surface area (Å²) >= 11 is 3.48. The number of allylic oxidation sites excluding steroid dienone is 1. The van der Waals surface area contributed by atoms with Crippen LogP contribution in [-0.4, -0.2) is 28.3 Å². The number of hydrogen-bond acceptors (Lipinski definition) is 5. The third-order valence-corrected chi connectivity index (χ3v) is 4.56. The molecule has 1 amide bonds. The molecule has 2 aromatic heterocycles. The Morgan fingerprint density at radius 3 is 2.72 bits per heavy atom. The van der Waals surface area contributed by atoms with E-state index in [4.69, 9.17) is 9.15 Å². The molecule has 0 saturated heterocycles. The highest BCUT2D eigenvalue weighted by Gasteiger charge is 2.14. The number of nitrogens with one attached hydrogen (secondary N) is 1. The topological polar surface area (TPSA) is 86.4 Å². The Morgan fingerprint density at radius 1 is 1.40 bits per heavy atom. The van der Waals surface area contributed by atoms with Gasteiger partial charge in [-0.1, -0.05) is 0 Å². The fraction of sp³-hybridized carbons (Fsp3) is 0.353. The maximum Gasteiger partial charge on any atom is 0.332 e. The van der Waals surface area contributed by atoms with E-state index in [1.165, 1.54) is 6.08 Å². The second-order valence-electron chi connectivity index (χ2n) is 5.44. The summed E-state index contributed by atoms with van der Waals surface area (Å²) in [6, 6.07) is 3.31. The van der Waals surface area contributed by atoms with Crippen molar-refractivity contribution in [3.63, 3.8) is 0 Å². The number of nitrogens with zero attached hydrogens (tertiary/aromatic N) is 2. The van der Waals surface area contributed by atoms with E-state index >= 15 is 0 Å². The zero-order valence-corrected chi connectivity index (χ0v) is 16.1. The van der Waals surface area contributed by atoms with Crippen LogP contribution in [0.25, 0.3) is 0 Å². The maximum atomic E-state index is 12.2. The number of ether oxygens (including phenoxy) is 1. The Kier molecular flexibility index (Phi) is 6.19. The Balaban J connectivity index is 2.04. The highest BCUT2D eigenvalue weighted by molar-refractivity contribution is 9.10. The molecule has 2 rings (SSSR count). The molecule has 0 fully saturated rings. The first kappa shape index (κ1) is 19.0. The molecule has 0 atom stereocenters. The summed E-state index contributed by atoms with van der Waals surface area (Å²) in [6.07, 6.45) is 1.22. The number of furan rings is 1. The van der Waals surface area contributed by atoms with Crippen LogP contribution < -0.4 is 5.32 Å². The molecule has 0 spiro atoms. The number of aryl methyl sites for hydroxylation is 1. The van der Waals surface area contributed by atoms with E-state index in [-0.39, 0.29) is 12.4 Å². The van der Waals surface area contributed by atoms with Crippen LogP contribution in [-0.2, 0) is 16.1 Å². The minimum atomic E-state index is -0.504.